The zero-order valence-corrected chi connectivity index (χ0v) is 18.9. The summed E-state index contributed by atoms with van der Waals surface area (Å²) >= 11 is 3.10. The Balaban J connectivity index is 1.61. The third kappa shape index (κ3) is 6.06. The minimum absolute atomic E-state index is 0.00393. The van der Waals surface area contributed by atoms with Crippen LogP contribution in [0.2, 0.25) is 0 Å². The van der Waals surface area contributed by atoms with E-state index in [2.05, 4.69) is 42.0 Å². The number of aromatic nitrogens is 2. The summed E-state index contributed by atoms with van der Waals surface area (Å²) in [5.74, 6) is -0.151. The molecular weight excluding hydrogens is 475 g/mol. The summed E-state index contributed by atoms with van der Waals surface area (Å²) in [6.07, 6.45) is 0.990. The van der Waals surface area contributed by atoms with Gasteiger partial charge in [0, 0.05) is 24.8 Å². The molecule has 0 atom stereocenters. The summed E-state index contributed by atoms with van der Waals surface area (Å²) in [5.41, 5.74) is 0.0962. The molecule has 31 heavy (non-hydrogen) atoms. The molecule has 1 amide bonds. The smallest absolute Gasteiger partial charge is 0.410 e. The molecule has 0 bridgehead atoms. The van der Waals surface area contributed by atoms with Crippen LogP contribution < -0.4 is 10.6 Å². The van der Waals surface area contributed by atoms with Crippen molar-refractivity contribution in [3.05, 3.63) is 34.2 Å². The Morgan fingerprint density at radius 3 is 2.68 bits per heavy atom. The Hall–Kier alpha value is -2.89. The van der Waals surface area contributed by atoms with Crippen LogP contribution in [-0.2, 0) is 4.74 Å². The highest BCUT2D eigenvalue weighted by Crippen LogP contribution is 2.23. The number of nitrogens with zero attached hydrogens (tertiary/aromatic N) is 4. The van der Waals surface area contributed by atoms with Crippen LogP contribution in [0.25, 0.3) is 0 Å². The summed E-state index contributed by atoms with van der Waals surface area (Å²) in [7, 11) is 0. The highest BCUT2D eigenvalue weighted by Gasteiger charge is 2.28. The lowest BCUT2D eigenvalue weighted by Gasteiger charge is -2.33. The van der Waals surface area contributed by atoms with Crippen LogP contribution in [0.4, 0.5) is 20.7 Å². The largest absolute Gasteiger partial charge is 0.444 e. The predicted octanol–water partition coefficient (Wildman–Crippen LogP) is 4.03. The first-order valence-electron chi connectivity index (χ1n) is 9.68. The van der Waals surface area contributed by atoms with E-state index >= 15 is 0 Å². The monoisotopic (exact) mass is 498 g/mol. The topological polar surface area (TPSA) is 125 Å². The highest BCUT2D eigenvalue weighted by molar-refractivity contribution is 9.10. The third-order valence-electron chi connectivity index (χ3n) is 4.48. The van der Waals surface area contributed by atoms with Crippen molar-refractivity contribution in [1.82, 2.24) is 15.2 Å². The first-order chi connectivity index (χ1) is 14.7. The summed E-state index contributed by atoms with van der Waals surface area (Å²) < 4.78 is 23.9. The number of amides is 1. The van der Waals surface area contributed by atoms with E-state index in [-0.39, 0.29) is 34.0 Å². The molecule has 2 aromatic rings. The van der Waals surface area contributed by atoms with Crippen LogP contribution in [0.5, 0.6) is 0 Å². The number of piperidine rings is 1. The molecule has 0 saturated carbocycles. The molecule has 1 fully saturated rings. The molecule has 0 radical (unpaired) electrons. The number of hydrogen-bond donors (Lipinski definition) is 3. The van der Waals surface area contributed by atoms with Gasteiger partial charge in [0.1, 0.15) is 11.4 Å². The third-order valence-corrected chi connectivity index (χ3v) is 5.09. The Labute approximate surface area is 186 Å². The Kier molecular flexibility index (Phi) is 6.98. The van der Waals surface area contributed by atoms with E-state index < -0.39 is 11.4 Å². The fraction of sp³-hybridized carbons (Fsp3) is 0.474. The van der Waals surface area contributed by atoms with Crippen LogP contribution in [0.1, 0.15) is 39.3 Å². The molecule has 1 saturated heterocycles. The standard InChI is InChI=1S/C19H24BrFN6O4/c1-19(2,3)30-18(28)27-8-6-11(7-9-27)22-17-15(25-31-26-17)16(24-29)23-12-4-5-14(21)13(20)10-12/h4-5,10-11,29H,6-9H2,1-3H3,(H,22,26)(H,23,24). The first-order valence-corrected chi connectivity index (χ1v) is 10.5. The van der Waals surface area contributed by atoms with E-state index in [1.54, 1.807) is 4.90 Å². The second-order valence-corrected chi connectivity index (χ2v) is 8.90. The van der Waals surface area contributed by atoms with Gasteiger partial charge in [-0.15, -0.1) is 0 Å². The second-order valence-electron chi connectivity index (χ2n) is 8.05. The molecule has 3 N–H and O–H groups in total. The number of amidine groups is 1. The van der Waals surface area contributed by atoms with Crippen molar-refractivity contribution in [3.8, 4) is 0 Å². The van der Waals surface area contributed by atoms with E-state index in [1.165, 1.54) is 18.2 Å². The van der Waals surface area contributed by atoms with E-state index in [4.69, 9.17) is 9.37 Å². The number of benzene rings is 1. The zero-order chi connectivity index (χ0) is 22.6. The maximum Gasteiger partial charge on any atom is 0.410 e. The number of anilines is 2. The average molecular weight is 499 g/mol. The summed E-state index contributed by atoms with van der Waals surface area (Å²) in [6.45, 7) is 6.54. The quantitative estimate of drug-likeness (QED) is 0.249. The predicted molar refractivity (Wildman–Crippen MR) is 115 cm³/mol. The van der Waals surface area contributed by atoms with Gasteiger partial charge in [-0.25, -0.2) is 13.8 Å². The van der Waals surface area contributed by atoms with Crippen molar-refractivity contribution in [2.24, 2.45) is 5.16 Å². The molecule has 1 aromatic carbocycles. The van der Waals surface area contributed by atoms with Crippen molar-refractivity contribution >= 4 is 39.4 Å². The first kappa shape index (κ1) is 22.8. The number of carbonyl (C=O) groups excluding carboxylic acids is 1. The van der Waals surface area contributed by atoms with Crippen molar-refractivity contribution in [2.75, 3.05) is 23.7 Å². The van der Waals surface area contributed by atoms with Crippen LogP contribution in [0, 0.1) is 5.82 Å². The number of carbonyl (C=O) groups is 1. The number of oxime groups is 1. The molecule has 0 aliphatic carbocycles. The van der Waals surface area contributed by atoms with Gasteiger partial charge in [-0.1, -0.05) is 5.16 Å². The van der Waals surface area contributed by atoms with Gasteiger partial charge < -0.3 is 25.5 Å². The van der Waals surface area contributed by atoms with Gasteiger partial charge in [-0.2, -0.15) is 0 Å². The fourth-order valence-corrected chi connectivity index (χ4v) is 3.39. The maximum absolute atomic E-state index is 13.4. The SMILES string of the molecule is CC(C)(C)OC(=O)N1CCC(Nc2nonc2C(=NO)Nc2ccc(F)c(Br)c2)CC1. The average Bonchev–Trinajstić information content (AvgIpc) is 3.16. The number of ether oxygens (including phenoxy) is 1. The van der Waals surface area contributed by atoms with Gasteiger partial charge in [0.05, 0.1) is 4.47 Å². The van der Waals surface area contributed by atoms with Crippen LogP contribution >= 0.6 is 15.9 Å². The van der Waals surface area contributed by atoms with Gasteiger partial charge in [0.15, 0.2) is 5.69 Å². The minimum Gasteiger partial charge on any atom is -0.444 e. The van der Waals surface area contributed by atoms with Crippen molar-refractivity contribution < 1.29 is 23.8 Å². The second kappa shape index (κ2) is 9.50. The lowest BCUT2D eigenvalue weighted by Crippen LogP contribution is -2.44. The Bertz CT molecular complexity index is 953. The highest BCUT2D eigenvalue weighted by atomic mass is 79.9. The van der Waals surface area contributed by atoms with Gasteiger partial charge in [0.25, 0.3) is 0 Å². The maximum atomic E-state index is 13.4. The van der Waals surface area contributed by atoms with E-state index in [9.17, 15) is 14.4 Å². The molecular formula is C19H24BrFN6O4. The van der Waals surface area contributed by atoms with Gasteiger partial charge >= 0.3 is 6.09 Å². The molecule has 1 aliphatic heterocycles. The summed E-state index contributed by atoms with van der Waals surface area (Å²) in [5, 5.41) is 26.4. The molecule has 0 unspecified atom stereocenters. The molecule has 0 spiro atoms. The molecule has 2 heterocycles. The van der Waals surface area contributed by atoms with Crippen LogP contribution in [0.15, 0.2) is 32.5 Å². The van der Waals surface area contributed by atoms with Crippen molar-refractivity contribution in [2.45, 2.75) is 45.3 Å². The number of likely N-dealkylation sites (tertiary alicyclic amines) is 1. The van der Waals surface area contributed by atoms with Gasteiger partial charge in [-0.05, 0) is 78.1 Å². The number of halogens is 2. The number of rotatable bonds is 4. The van der Waals surface area contributed by atoms with Crippen LogP contribution in [-0.4, -0.2) is 57.1 Å². The van der Waals surface area contributed by atoms with E-state index in [1.807, 2.05) is 20.8 Å². The normalized spacial score (nSPS) is 15.6. The van der Waals surface area contributed by atoms with E-state index in [0.717, 1.165) is 0 Å². The van der Waals surface area contributed by atoms with Crippen molar-refractivity contribution in [3.63, 3.8) is 0 Å². The zero-order valence-electron chi connectivity index (χ0n) is 17.4. The molecule has 3 rings (SSSR count). The minimum atomic E-state index is -0.541. The van der Waals surface area contributed by atoms with Gasteiger partial charge in [0.2, 0.25) is 11.7 Å². The van der Waals surface area contributed by atoms with Crippen LogP contribution in [0.3, 0.4) is 0 Å². The van der Waals surface area contributed by atoms with Gasteiger partial charge in [-0.3, -0.25) is 0 Å². The molecule has 12 heteroatoms. The number of hydrogen-bond acceptors (Lipinski definition) is 8. The number of nitrogens with one attached hydrogen (secondary N) is 2. The fourth-order valence-electron chi connectivity index (χ4n) is 3.01. The molecule has 1 aromatic heterocycles. The lowest BCUT2D eigenvalue weighted by molar-refractivity contribution is 0.0210. The Morgan fingerprint density at radius 2 is 2.06 bits per heavy atom. The molecule has 10 nitrogen and oxygen atoms in total. The lowest BCUT2D eigenvalue weighted by atomic mass is 10.1. The summed E-state index contributed by atoms with van der Waals surface area (Å²) in [4.78, 5) is 13.9. The van der Waals surface area contributed by atoms with Crippen molar-refractivity contribution in [1.29, 1.82) is 0 Å². The Morgan fingerprint density at radius 1 is 1.35 bits per heavy atom. The molecule has 1 aliphatic rings. The molecule has 168 valence electrons. The summed E-state index contributed by atoms with van der Waals surface area (Å²) in [6, 6.07) is 4.25. The van der Waals surface area contributed by atoms with E-state index in [0.29, 0.717) is 31.6 Å².